The van der Waals surface area contributed by atoms with Gasteiger partial charge in [0.15, 0.2) is 5.78 Å². The maximum atomic E-state index is 14.7. The summed E-state index contributed by atoms with van der Waals surface area (Å²) in [6.07, 6.45) is 13.5. The van der Waals surface area contributed by atoms with Gasteiger partial charge in [0.1, 0.15) is 17.6 Å². The number of fused-ring (bicyclic) bond motifs is 4. The zero-order valence-corrected chi connectivity index (χ0v) is 33.3. The van der Waals surface area contributed by atoms with Crippen LogP contribution >= 0.6 is 0 Å². The topological polar surface area (TPSA) is 167 Å². The number of esters is 1. The van der Waals surface area contributed by atoms with Crippen LogP contribution in [0.5, 0.6) is 17.4 Å². The van der Waals surface area contributed by atoms with E-state index in [0.29, 0.717) is 60.4 Å². The molecule has 13 nitrogen and oxygen atoms in total. The Labute approximate surface area is 328 Å². The van der Waals surface area contributed by atoms with E-state index >= 15 is 0 Å². The number of carbonyl (C=O) groups is 4. The number of Topliss-reactive ketones (excluding diaryl/α,β-unsaturated/α-hetero) is 1. The average molecular weight is 792 g/mol. The van der Waals surface area contributed by atoms with Crippen molar-refractivity contribution in [3.8, 4) is 17.4 Å². The second-order valence-electron chi connectivity index (χ2n) is 16.3. The number of carbonyl (C=O) groups excluding carboxylic acids is 4. The third kappa shape index (κ3) is 8.74. The fraction of sp³-hybridized carbons (Fsp3) is 0.595. The molecule has 5 bridgehead atoms. The molecule has 0 unspecified atom stereocenters. The lowest BCUT2D eigenvalue weighted by molar-refractivity contribution is -0.151. The lowest BCUT2D eigenvalue weighted by Gasteiger charge is -2.29. The molecule has 0 radical (unpaired) electrons. The zero-order valence-electron chi connectivity index (χ0n) is 32.5. The molecule has 2 saturated carbocycles. The van der Waals surface area contributed by atoms with Crippen LogP contribution in [0.1, 0.15) is 96.0 Å². The first kappa shape index (κ1) is 39.8. The van der Waals surface area contributed by atoms with Crippen LogP contribution in [0.2, 0.25) is 0 Å². The number of amides is 2. The van der Waals surface area contributed by atoms with Gasteiger partial charge < -0.3 is 23.8 Å². The molecule has 3 fully saturated rings. The molecule has 5 aliphatic rings. The molecule has 4 heterocycles. The second-order valence-corrected chi connectivity index (χ2v) is 18.2. The molecule has 1 aromatic heterocycles. The first-order chi connectivity index (χ1) is 26.9. The molecule has 2 aliphatic carbocycles. The molecule has 1 aromatic carbocycles. The van der Waals surface area contributed by atoms with Gasteiger partial charge in [-0.25, -0.2) is 13.4 Å². The van der Waals surface area contributed by atoms with E-state index in [9.17, 15) is 27.6 Å². The summed E-state index contributed by atoms with van der Waals surface area (Å²) in [5.41, 5.74) is 0.137. The second kappa shape index (κ2) is 16.6. The number of allylic oxidation sites excluding steroid dienone is 3. The standard InChI is InChI=1S/C42H53N3O10S/c1-26-11-9-10-12-27-17-32-33(20-36(27)52-2)43-38(53-3)21-37(32)55-30-19-34-35(46)23-42(41(49)44-56(50,51)31-15-16-31)22-29(42)14-8-6-4-5-7-13-28(18-39(47)54-25-26)40(48)45(34)24-30/h8,10,12,14,17,20-21,26,28-31,34H,4-7,9,11,13,15-16,18-19,22-25H2,1-3H3,(H,44,49)/b12-10+,14-8-/t26-,28+,29-,30+,34-,42+/m0/s1. The maximum absolute atomic E-state index is 14.7. The fourth-order valence-electron chi connectivity index (χ4n) is 8.40. The highest BCUT2D eigenvalue weighted by molar-refractivity contribution is 7.90. The lowest BCUT2D eigenvalue weighted by Crippen LogP contribution is -2.46. The predicted molar refractivity (Wildman–Crippen MR) is 208 cm³/mol. The Morgan fingerprint density at radius 3 is 2.59 bits per heavy atom. The van der Waals surface area contributed by atoms with Gasteiger partial charge in [-0.1, -0.05) is 44.1 Å². The number of aromatic nitrogens is 1. The quantitative estimate of drug-likeness (QED) is 0.292. The van der Waals surface area contributed by atoms with Crippen LogP contribution in [-0.2, 0) is 33.9 Å². The average Bonchev–Trinajstić information content (AvgIpc) is 4.10. The first-order valence-electron chi connectivity index (χ1n) is 20.0. The molecular weight excluding hydrogens is 739 g/mol. The molecular formula is C42H53N3O10S. The van der Waals surface area contributed by atoms with Crippen molar-refractivity contribution in [3.05, 3.63) is 42.0 Å². The van der Waals surface area contributed by atoms with E-state index in [4.69, 9.17) is 18.9 Å². The molecule has 302 valence electrons. The number of nitrogens with one attached hydrogen (secondary N) is 1. The van der Waals surface area contributed by atoms with E-state index in [0.717, 1.165) is 37.7 Å². The van der Waals surface area contributed by atoms with Crippen molar-refractivity contribution in [2.24, 2.45) is 23.2 Å². The van der Waals surface area contributed by atoms with Crippen molar-refractivity contribution in [1.82, 2.24) is 14.6 Å². The summed E-state index contributed by atoms with van der Waals surface area (Å²) in [7, 11) is -0.749. The normalized spacial score (nSPS) is 30.4. The number of hydrogen-bond acceptors (Lipinski definition) is 11. The minimum absolute atomic E-state index is 0.0610. The highest BCUT2D eigenvalue weighted by Gasteiger charge is 2.61. The molecule has 0 spiro atoms. The highest BCUT2D eigenvalue weighted by Crippen LogP contribution is 2.57. The van der Waals surface area contributed by atoms with Crippen LogP contribution in [0, 0.1) is 23.2 Å². The Bertz CT molecular complexity index is 2030. The maximum Gasteiger partial charge on any atom is 0.306 e. The minimum atomic E-state index is -3.85. The minimum Gasteiger partial charge on any atom is -0.496 e. The van der Waals surface area contributed by atoms with E-state index in [1.165, 1.54) is 12.0 Å². The van der Waals surface area contributed by atoms with Crippen LogP contribution in [0.3, 0.4) is 0 Å². The monoisotopic (exact) mass is 791 g/mol. The molecule has 3 aliphatic heterocycles. The van der Waals surface area contributed by atoms with Crippen LogP contribution in [0.15, 0.2) is 36.4 Å². The molecule has 2 aromatic rings. The highest BCUT2D eigenvalue weighted by atomic mass is 32.2. The molecule has 2 amide bonds. The first-order valence-corrected chi connectivity index (χ1v) is 21.6. The van der Waals surface area contributed by atoms with Gasteiger partial charge in [0.25, 0.3) is 0 Å². The third-order valence-electron chi connectivity index (χ3n) is 12.0. The van der Waals surface area contributed by atoms with E-state index in [2.05, 4.69) is 15.8 Å². The molecule has 7 rings (SSSR count). The Hall–Kier alpha value is -4.46. The SMILES string of the molecule is COc1cc2c3cc(c(OC)cc3n1)/C=C/CC[C@H](C)COC(=O)C[C@H]1CCCCC/C=C\[C@H]3C[C@@]3(C(=O)NS(=O)(=O)C3CC3)CC(=O)[C@@H]3C[C@H](CN3C1=O)O2. The van der Waals surface area contributed by atoms with E-state index in [-0.39, 0.29) is 55.9 Å². The van der Waals surface area contributed by atoms with Gasteiger partial charge in [0.2, 0.25) is 27.7 Å². The van der Waals surface area contributed by atoms with E-state index < -0.39 is 50.6 Å². The summed E-state index contributed by atoms with van der Waals surface area (Å²) in [6, 6.07) is 4.47. The number of ether oxygens (including phenoxy) is 4. The van der Waals surface area contributed by atoms with Crippen molar-refractivity contribution in [1.29, 1.82) is 0 Å². The number of pyridine rings is 1. The largest absolute Gasteiger partial charge is 0.496 e. The summed E-state index contributed by atoms with van der Waals surface area (Å²) in [6.45, 7) is 2.30. The summed E-state index contributed by atoms with van der Waals surface area (Å²) in [5, 5.41) is 0.0942. The summed E-state index contributed by atoms with van der Waals surface area (Å²) < 4.78 is 51.8. The predicted octanol–water partition coefficient (Wildman–Crippen LogP) is 5.69. The van der Waals surface area contributed by atoms with Crippen molar-refractivity contribution in [2.75, 3.05) is 27.4 Å². The van der Waals surface area contributed by atoms with Gasteiger partial charge in [0.05, 0.1) is 56.0 Å². The smallest absolute Gasteiger partial charge is 0.306 e. The zero-order chi connectivity index (χ0) is 39.6. The Morgan fingerprint density at radius 1 is 1.00 bits per heavy atom. The Morgan fingerprint density at radius 2 is 1.82 bits per heavy atom. The molecule has 1 N–H and O–H groups in total. The van der Waals surface area contributed by atoms with Crippen molar-refractivity contribution < 1.29 is 46.5 Å². The van der Waals surface area contributed by atoms with Gasteiger partial charge in [-0.3, -0.25) is 23.9 Å². The van der Waals surface area contributed by atoms with Gasteiger partial charge in [-0.05, 0) is 69.3 Å². The van der Waals surface area contributed by atoms with Crippen LogP contribution in [0.25, 0.3) is 17.0 Å². The number of nitrogens with zero attached hydrogens (tertiary/aromatic N) is 2. The third-order valence-corrected chi connectivity index (χ3v) is 13.8. The van der Waals surface area contributed by atoms with Crippen LogP contribution in [-0.4, -0.2) is 86.6 Å². The van der Waals surface area contributed by atoms with E-state index in [1.54, 1.807) is 13.2 Å². The van der Waals surface area contributed by atoms with Gasteiger partial charge in [-0.15, -0.1) is 0 Å². The van der Waals surface area contributed by atoms with Gasteiger partial charge in [-0.2, -0.15) is 0 Å². The lowest BCUT2D eigenvalue weighted by atomic mass is 9.90. The summed E-state index contributed by atoms with van der Waals surface area (Å²) >= 11 is 0. The summed E-state index contributed by atoms with van der Waals surface area (Å²) in [4.78, 5) is 62.6. The number of methoxy groups -OCH3 is 2. The van der Waals surface area contributed by atoms with Crippen molar-refractivity contribution in [3.63, 3.8) is 0 Å². The number of ketones is 1. The molecule has 1 saturated heterocycles. The van der Waals surface area contributed by atoms with Crippen LogP contribution in [0.4, 0.5) is 0 Å². The number of benzene rings is 1. The van der Waals surface area contributed by atoms with Gasteiger partial charge in [0, 0.05) is 41.8 Å². The Balaban J connectivity index is 1.26. The number of rotatable bonds is 5. The van der Waals surface area contributed by atoms with Crippen molar-refractivity contribution >= 4 is 50.6 Å². The number of hydrogen-bond donors (Lipinski definition) is 1. The van der Waals surface area contributed by atoms with Crippen LogP contribution < -0.4 is 18.9 Å². The molecule has 6 atom stereocenters. The molecule has 14 heteroatoms. The Kier molecular flexibility index (Phi) is 11.8. The number of sulfonamides is 1. The summed E-state index contributed by atoms with van der Waals surface area (Å²) in [5.74, 6) is -1.38. The number of cyclic esters (lactones) is 1. The van der Waals surface area contributed by atoms with Gasteiger partial charge >= 0.3 is 5.97 Å². The molecule has 56 heavy (non-hydrogen) atoms. The van der Waals surface area contributed by atoms with Crippen molar-refractivity contribution in [2.45, 2.75) is 108 Å². The fourth-order valence-corrected chi connectivity index (χ4v) is 9.78. The van der Waals surface area contributed by atoms with E-state index in [1.807, 2.05) is 37.3 Å².